The minimum Gasteiger partial charge on any atom is -0.338 e. The Morgan fingerprint density at radius 2 is 2.29 bits per heavy atom. The summed E-state index contributed by atoms with van der Waals surface area (Å²) in [7, 11) is 0. The lowest BCUT2D eigenvalue weighted by Gasteiger charge is -1.93. The molecule has 2 heterocycles. The highest BCUT2D eigenvalue weighted by Gasteiger charge is 2.11. The highest BCUT2D eigenvalue weighted by molar-refractivity contribution is 9.10. The van der Waals surface area contributed by atoms with Crippen molar-refractivity contribution >= 4 is 21.7 Å². The molecule has 0 saturated heterocycles. The van der Waals surface area contributed by atoms with Gasteiger partial charge in [0.25, 0.3) is 0 Å². The van der Waals surface area contributed by atoms with E-state index in [0.29, 0.717) is 18.1 Å². The topological polar surface area (TPSA) is 68.9 Å². The maximum atomic E-state index is 11.2. The van der Waals surface area contributed by atoms with E-state index in [0.717, 1.165) is 10.0 Å². The second-order valence-electron chi connectivity index (χ2n) is 3.47. The maximum Gasteiger partial charge on any atom is 0.234 e. The summed E-state index contributed by atoms with van der Waals surface area (Å²) < 4.78 is 5.85. The molecule has 0 fully saturated rings. The van der Waals surface area contributed by atoms with Crippen molar-refractivity contribution in [1.82, 2.24) is 15.1 Å². The normalized spacial score (nSPS) is 10.5. The van der Waals surface area contributed by atoms with Crippen molar-refractivity contribution in [1.29, 1.82) is 0 Å². The predicted octanol–water partition coefficient (Wildman–Crippen LogP) is 2.42. The Balaban J connectivity index is 2.21. The minimum atomic E-state index is 0.0765. The van der Waals surface area contributed by atoms with Crippen molar-refractivity contribution in [2.24, 2.45) is 0 Å². The Bertz CT molecular complexity index is 539. The molecule has 0 aliphatic heterocycles. The number of rotatable bonds is 4. The zero-order valence-corrected chi connectivity index (χ0v) is 10.8. The summed E-state index contributed by atoms with van der Waals surface area (Å²) in [4.78, 5) is 19.4. The number of Topliss-reactive ketones (excluding diaryl/α,β-unsaturated/α-hetero) is 1. The molecule has 0 radical (unpaired) electrons. The molecule has 2 aromatic heterocycles. The van der Waals surface area contributed by atoms with E-state index < -0.39 is 0 Å². The van der Waals surface area contributed by atoms with Gasteiger partial charge in [-0.3, -0.25) is 9.78 Å². The van der Waals surface area contributed by atoms with Crippen LogP contribution in [0.5, 0.6) is 0 Å². The average Bonchev–Trinajstić information content (AvgIpc) is 2.77. The van der Waals surface area contributed by atoms with Crippen molar-refractivity contribution in [2.75, 3.05) is 0 Å². The molecule has 0 spiro atoms. The molecular formula is C11H10BrN3O2. The van der Waals surface area contributed by atoms with Crippen LogP contribution < -0.4 is 0 Å². The van der Waals surface area contributed by atoms with Crippen molar-refractivity contribution in [3.05, 3.63) is 28.8 Å². The molecule has 6 heteroatoms. The van der Waals surface area contributed by atoms with E-state index in [1.165, 1.54) is 0 Å². The smallest absolute Gasteiger partial charge is 0.234 e. The summed E-state index contributed by atoms with van der Waals surface area (Å²) in [5.41, 5.74) is 0.748. The van der Waals surface area contributed by atoms with Crippen LogP contribution in [0.1, 0.15) is 19.2 Å². The Morgan fingerprint density at radius 3 is 3.00 bits per heavy atom. The average molecular weight is 296 g/mol. The molecule has 0 aliphatic carbocycles. The van der Waals surface area contributed by atoms with E-state index in [-0.39, 0.29) is 12.2 Å². The molecule has 2 aromatic rings. The number of carbonyl (C=O) groups excluding carboxylic acids is 1. The van der Waals surface area contributed by atoms with Crippen molar-refractivity contribution < 1.29 is 9.32 Å². The van der Waals surface area contributed by atoms with Gasteiger partial charge in [-0.05, 0) is 22.0 Å². The van der Waals surface area contributed by atoms with Gasteiger partial charge in [0.05, 0.1) is 6.42 Å². The fraction of sp³-hybridized carbons (Fsp3) is 0.273. The lowest BCUT2D eigenvalue weighted by atomic mass is 10.2. The van der Waals surface area contributed by atoms with Gasteiger partial charge in [0, 0.05) is 28.9 Å². The largest absolute Gasteiger partial charge is 0.338 e. The van der Waals surface area contributed by atoms with Crippen LogP contribution in [0.15, 0.2) is 27.5 Å². The highest BCUT2D eigenvalue weighted by Crippen LogP contribution is 2.19. The lowest BCUT2D eigenvalue weighted by molar-refractivity contribution is -0.118. The van der Waals surface area contributed by atoms with Crippen LogP contribution in [0.3, 0.4) is 0 Å². The third-order valence-corrected chi connectivity index (χ3v) is 2.61. The molecular weight excluding hydrogens is 286 g/mol. The number of halogens is 1. The SMILES string of the molecule is CCC(=O)Cc1nc(-c2cncc(Br)c2)no1. The second kappa shape index (κ2) is 5.18. The first-order chi connectivity index (χ1) is 8.19. The number of hydrogen-bond acceptors (Lipinski definition) is 5. The zero-order valence-electron chi connectivity index (χ0n) is 9.18. The molecule has 0 N–H and O–H groups in total. The highest BCUT2D eigenvalue weighted by atomic mass is 79.9. The van der Waals surface area contributed by atoms with Crippen LogP contribution in [-0.4, -0.2) is 20.9 Å². The van der Waals surface area contributed by atoms with Gasteiger partial charge in [0.1, 0.15) is 5.78 Å². The fourth-order valence-corrected chi connectivity index (χ4v) is 1.64. The minimum absolute atomic E-state index is 0.0765. The van der Waals surface area contributed by atoms with E-state index in [4.69, 9.17) is 4.52 Å². The van der Waals surface area contributed by atoms with Gasteiger partial charge in [-0.1, -0.05) is 12.1 Å². The first-order valence-electron chi connectivity index (χ1n) is 5.14. The van der Waals surface area contributed by atoms with Gasteiger partial charge >= 0.3 is 0 Å². The Morgan fingerprint density at radius 1 is 1.47 bits per heavy atom. The third kappa shape index (κ3) is 2.97. The molecule has 0 unspecified atom stereocenters. The van der Waals surface area contributed by atoms with Crippen molar-refractivity contribution in [3.8, 4) is 11.4 Å². The molecule has 2 rings (SSSR count). The number of nitrogens with zero attached hydrogens (tertiary/aromatic N) is 3. The number of pyridine rings is 1. The summed E-state index contributed by atoms with van der Waals surface area (Å²) in [6.45, 7) is 1.80. The van der Waals surface area contributed by atoms with Crippen LogP contribution in [-0.2, 0) is 11.2 Å². The maximum absolute atomic E-state index is 11.2. The molecule has 0 atom stereocenters. The molecule has 0 aromatic carbocycles. The molecule has 88 valence electrons. The Kier molecular flexibility index (Phi) is 3.63. The van der Waals surface area contributed by atoms with Gasteiger partial charge in [-0.15, -0.1) is 0 Å². The van der Waals surface area contributed by atoms with Crippen molar-refractivity contribution in [2.45, 2.75) is 19.8 Å². The number of hydrogen-bond donors (Lipinski definition) is 0. The number of ketones is 1. The second-order valence-corrected chi connectivity index (χ2v) is 4.39. The van der Waals surface area contributed by atoms with Gasteiger partial charge in [-0.2, -0.15) is 4.98 Å². The summed E-state index contributed by atoms with van der Waals surface area (Å²) in [6.07, 6.45) is 3.97. The van der Waals surface area contributed by atoms with E-state index in [2.05, 4.69) is 31.1 Å². The molecule has 17 heavy (non-hydrogen) atoms. The van der Waals surface area contributed by atoms with E-state index >= 15 is 0 Å². The van der Waals surface area contributed by atoms with Crippen LogP contribution in [0, 0.1) is 0 Å². The quantitative estimate of drug-likeness (QED) is 0.866. The third-order valence-electron chi connectivity index (χ3n) is 2.17. The summed E-state index contributed by atoms with van der Waals surface area (Å²) in [5, 5.41) is 3.82. The monoisotopic (exact) mass is 295 g/mol. The van der Waals surface area contributed by atoms with Crippen molar-refractivity contribution in [3.63, 3.8) is 0 Å². The fourth-order valence-electron chi connectivity index (χ4n) is 1.27. The van der Waals surface area contributed by atoms with Crippen LogP contribution in [0.25, 0.3) is 11.4 Å². The van der Waals surface area contributed by atoms with Crippen LogP contribution in [0.4, 0.5) is 0 Å². The summed E-state index contributed by atoms with van der Waals surface area (Å²) >= 11 is 3.31. The predicted molar refractivity (Wildman–Crippen MR) is 64.2 cm³/mol. The molecule has 0 aliphatic rings. The summed E-state index contributed by atoms with van der Waals surface area (Å²) in [5.74, 6) is 0.858. The summed E-state index contributed by atoms with van der Waals surface area (Å²) in [6, 6.07) is 1.84. The molecule has 0 bridgehead atoms. The van der Waals surface area contributed by atoms with Crippen LogP contribution >= 0.6 is 15.9 Å². The lowest BCUT2D eigenvalue weighted by Crippen LogP contribution is -2.00. The molecule has 0 amide bonds. The van der Waals surface area contributed by atoms with Gasteiger partial charge in [0.15, 0.2) is 0 Å². The standard InChI is InChI=1S/C11H10BrN3O2/c1-2-9(16)4-10-14-11(15-17-10)7-3-8(12)6-13-5-7/h3,5-6H,2,4H2,1H3. The number of carbonyl (C=O) groups is 1. The first-order valence-corrected chi connectivity index (χ1v) is 5.93. The first kappa shape index (κ1) is 11.9. The van der Waals surface area contributed by atoms with E-state index in [1.807, 2.05) is 6.07 Å². The molecule has 0 saturated carbocycles. The van der Waals surface area contributed by atoms with E-state index in [1.54, 1.807) is 19.3 Å². The Labute approximate surface area is 106 Å². The van der Waals surface area contributed by atoms with Crippen LogP contribution in [0.2, 0.25) is 0 Å². The van der Waals surface area contributed by atoms with Gasteiger partial charge in [-0.25, -0.2) is 0 Å². The number of aromatic nitrogens is 3. The zero-order chi connectivity index (χ0) is 12.3. The van der Waals surface area contributed by atoms with Gasteiger partial charge in [0.2, 0.25) is 11.7 Å². The Hall–Kier alpha value is -1.56. The van der Waals surface area contributed by atoms with Gasteiger partial charge < -0.3 is 4.52 Å². The molecule has 5 nitrogen and oxygen atoms in total. The van der Waals surface area contributed by atoms with E-state index in [9.17, 15) is 4.79 Å².